The average Bonchev–Trinajstić information content (AvgIpc) is 2.40. The highest BCUT2D eigenvalue weighted by atomic mass is 35.5. The van der Waals surface area contributed by atoms with Gasteiger partial charge in [-0.3, -0.25) is 9.78 Å². The fourth-order valence-corrected chi connectivity index (χ4v) is 2.08. The molecule has 1 aromatic rings. The lowest BCUT2D eigenvalue weighted by Crippen LogP contribution is -2.52. The second-order valence-electron chi connectivity index (χ2n) is 4.56. The van der Waals surface area contributed by atoms with Crippen molar-refractivity contribution in [2.24, 2.45) is 0 Å². The maximum atomic E-state index is 11.8. The van der Waals surface area contributed by atoms with Crippen molar-refractivity contribution >= 4 is 30.7 Å². The molecule has 0 aromatic carbocycles. The first-order valence-electron chi connectivity index (χ1n) is 6.34. The summed E-state index contributed by atoms with van der Waals surface area (Å²) in [6.45, 7) is 1.38. The Labute approximate surface area is 131 Å². The van der Waals surface area contributed by atoms with Crippen LogP contribution in [0.15, 0.2) is 24.4 Å². The smallest absolute Gasteiger partial charge is 0.220 e. The molecule has 3 N–H and O–H groups in total. The van der Waals surface area contributed by atoms with Gasteiger partial charge in [0.25, 0.3) is 0 Å². The average molecular weight is 322 g/mol. The van der Waals surface area contributed by atoms with Crippen LogP contribution in [0.25, 0.3) is 0 Å². The third-order valence-electron chi connectivity index (χ3n) is 3.13. The minimum atomic E-state index is -0.488. The van der Waals surface area contributed by atoms with Gasteiger partial charge in [-0.2, -0.15) is 0 Å². The van der Waals surface area contributed by atoms with Crippen molar-refractivity contribution in [2.75, 3.05) is 13.1 Å². The molecule has 1 amide bonds. The van der Waals surface area contributed by atoms with Gasteiger partial charge in [0.2, 0.25) is 5.91 Å². The van der Waals surface area contributed by atoms with E-state index >= 15 is 0 Å². The van der Waals surface area contributed by atoms with Crippen LogP contribution in [0, 0.1) is 0 Å². The maximum Gasteiger partial charge on any atom is 0.220 e. The third-order valence-corrected chi connectivity index (χ3v) is 3.13. The van der Waals surface area contributed by atoms with Crippen molar-refractivity contribution in [3.05, 3.63) is 30.1 Å². The molecule has 1 saturated heterocycles. The molecule has 114 valence electrons. The van der Waals surface area contributed by atoms with Crippen LogP contribution in [0.2, 0.25) is 0 Å². The van der Waals surface area contributed by atoms with E-state index in [2.05, 4.69) is 15.6 Å². The Morgan fingerprint density at radius 1 is 1.45 bits per heavy atom. The van der Waals surface area contributed by atoms with Crippen LogP contribution in [0.4, 0.5) is 0 Å². The number of carbonyl (C=O) groups is 1. The first kappa shape index (κ1) is 19.1. The summed E-state index contributed by atoms with van der Waals surface area (Å²) in [6.07, 6.45) is 3.05. The molecule has 1 aromatic heterocycles. The normalized spacial score (nSPS) is 21.2. The molecule has 20 heavy (non-hydrogen) atoms. The number of aliphatic hydroxyl groups excluding tert-OH is 1. The SMILES string of the molecule is Cl.Cl.O=C(CCc1ccccn1)N[C@@H]1CCNC[C@H]1O. The van der Waals surface area contributed by atoms with Gasteiger partial charge in [-0.15, -0.1) is 24.8 Å². The molecule has 0 bridgehead atoms. The van der Waals surface area contributed by atoms with Crippen molar-refractivity contribution in [3.8, 4) is 0 Å². The highest BCUT2D eigenvalue weighted by Crippen LogP contribution is 2.05. The molecule has 1 fully saturated rings. The molecule has 2 heterocycles. The standard InChI is InChI=1S/C13H19N3O2.2ClH/c17-12-9-14-8-6-11(12)16-13(18)5-4-10-3-1-2-7-15-10;;/h1-3,7,11-12,14,17H,4-6,8-9H2,(H,16,18);2*1H/t11-,12-;;/m1../s1. The molecule has 0 radical (unpaired) electrons. The Bertz CT molecular complexity index is 392. The fourth-order valence-electron chi connectivity index (χ4n) is 2.08. The zero-order valence-corrected chi connectivity index (χ0v) is 12.8. The first-order valence-corrected chi connectivity index (χ1v) is 6.34. The van der Waals surface area contributed by atoms with E-state index in [4.69, 9.17) is 0 Å². The molecular formula is C13H21Cl2N3O2. The summed E-state index contributed by atoms with van der Waals surface area (Å²) in [7, 11) is 0. The minimum Gasteiger partial charge on any atom is -0.390 e. The Balaban J connectivity index is 0.00000180. The van der Waals surface area contributed by atoms with Gasteiger partial charge in [-0.05, 0) is 31.5 Å². The highest BCUT2D eigenvalue weighted by molar-refractivity contribution is 5.85. The lowest BCUT2D eigenvalue weighted by molar-refractivity contribution is -0.122. The summed E-state index contributed by atoms with van der Waals surface area (Å²) >= 11 is 0. The predicted molar refractivity (Wildman–Crippen MR) is 82.5 cm³/mol. The summed E-state index contributed by atoms with van der Waals surface area (Å²) < 4.78 is 0. The zero-order chi connectivity index (χ0) is 12.8. The Kier molecular flexibility index (Phi) is 9.50. The van der Waals surface area contributed by atoms with Crippen molar-refractivity contribution in [1.82, 2.24) is 15.6 Å². The van der Waals surface area contributed by atoms with Crippen LogP contribution in [0.5, 0.6) is 0 Å². The molecule has 7 heteroatoms. The van der Waals surface area contributed by atoms with Crippen molar-refractivity contribution in [3.63, 3.8) is 0 Å². The molecule has 0 aliphatic carbocycles. The molecule has 1 aliphatic heterocycles. The number of aryl methyl sites for hydroxylation is 1. The molecule has 0 spiro atoms. The van der Waals surface area contributed by atoms with Gasteiger partial charge in [0.1, 0.15) is 0 Å². The van der Waals surface area contributed by atoms with Gasteiger partial charge in [-0.1, -0.05) is 6.07 Å². The Morgan fingerprint density at radius 3 is 2.90 bits per heavy atom. The number of rotatable bonds is 4. The number of aliphatic hydroxyl groups is 1. The largest absolute Gasteiger partial charge is 0.390 e. The van der Waals surface area contributed by atoms with Crippen molar-refractivity contribution in [2.45, 2.75) is 31.4 Å². The number of aromatic nitrogens is 1. The van der Waals surface area contributed by atoms with E-state index < -0.39 is 6.10 Å². The molecule has 2 rings (SSSR count). The number of amides is 1. The van der Waals surface area contributed by atoms with Gasteiger partial charge in [0.15, 0.2) is 0 Å². The van der Waals surface area contributed by atoms with Crippen molar-refractivity contribution < 1.29 is 9.90 Å². The monoisotopic (exact) mass is 321 g/mol. The van der Waals surface area contributed by atoms with Crippen LogP contribution in [0.1, 0.15) is 18.5 Å². The number of halogens is 2. The molecule has 1 aliphatic rings. The van der Waals surface area contributed by atoms with Gasteiger partial charge in [-0.25, -0.2) is 0 Å². The van der Waals surface area contributed by atoms with E-state index in [1.54, 1.807) is 6.20 Å². The lowest BCUT2D eigenvalue weighted by atomic mass is 10.0. The van der Waals surface area contributed by atoms with Crippen LogP contribution >= 0.6 is 24.8 Å². The zero-order valence-electron chi connectivity index (χ0n) is 11.1. The topological polar surface area (TPSA) is 74.2 Å². The highest BCUT2D eigenvalue weighted by Gasteiger charge is 2.23. The molecular weight excluding hydrogens is 301 g/mol. The van der Waals surface area contributed by atoms with Gasteiger partial charge in [0.05, 0.1) is 12.1 Å². The van der Waals surface area contributed by atoms with Crippen LogP contribution in [-0.2, 0) is 11.2 Å². The van der Waals surface area contributed by atoms with Crippen LogP contribution < -0.4 is 10.6 Å². The number of carbonyl (C=O) groups excluding carboxylic acids is 1. The minimum absolute atomic E-state index is 0. The number of β-amino-alcohol motifs (C(OH)–C–C–N with tert-alkyl or cyclic N) is 1. The Morgan fingerprint density at radius 2 is 2.25 bits per heavy atom. The predicted octanol–water partition coefficient (Wildman–Crippen LogP) is 0.697. The number of nitrogens with one attached hydrogen (secondary N) is 2. The fraction of sp³-hybridized carbons (Fsp3) is 0.538. The summed E-state index contributed by atoms with van der Waals surface area (Å²) in [5, 5.41) is 15.7. The summed E-state index contributed by atoms with van der Waals surface area (Å²) in [6, 6.07) is 5.56. The molecule has 0 saturated carbocycles. The molecule has 2 atom stereocenters. The van der Waals surface area contributed by atoms with Gasteiger partial charge in [0, 0.05) is 24.9 Å². The molecule has 5 nitrogen and oxygen atoms in total. The second-order valence-corrected chi connectivity index (χ2v) is 4.56. The van der Waals surface area contributed by atoms with E-state index in [0.29, 0.717) is 19.4 Å². The number of hydrogen-bond donors (Lipinski definition) is 3. The third kappa shape index (κ3) is 6.05. The van der Waals surface area contributed by atoms with Gasteiger partial charge < -0.3 is 15.7 Å². The van der Waals surface area contributed by atoms with Gasteiger partial charge >= 0.3 is 0 Å². The number of hydrogen-bond acceptors (Lipinski definition) is 4. The molecule has 0 unspecified atom stereocenters. The van der Waals surface area contributed by atoms with E-state index in [1.807, 2.05) is 18.2 Å². The maximum absolute atomic E-state index is 11.8. The van der Waals surface area contributed by atoms with E-state index in [9.17, 15) is 9.90 Å². The van der Waals surface area contributed by atoms with E-state index in [1.165, 1.54) is 0 Å². The quantitative estimate of drug-likeness (QED) is 0.763. The second kappa shape index (κ2) is 9.94. The van der Waals surface area contributed by atoms with E-state index in [-0.39, 0.29) is 36.8 Å². The van der Waals surface area contributed by atoms with E-state index in [0.717, 1.165) is 18.7 Å². The lowest BCUT2D eigenvalue weighted by Gasteiger charge is -2.29. The van der Waals surface area contributed by atoms with Crippen LogP contribution in [0.3, 0.4) is 0 Å². The summed E-state index contributed by atoms with van der Waals surface area (Å²) in [5.41, 5.74) is 0.915. The van der Waals surface area contributed by atoms with Crippen LogP contribution in [-0.4, -0.2) is 41.2 Å². The Hall–Kier alpha value is -0.880. The number of piperidine rings is 1. The van der Waals surface area contributed by atoms with Crippen molar-refractivity contribution in [1.29, 1.82) is 0 Å². The number of nitrogens with zero attached hydrogens (tertiary/aromatic N) is 1. The number of pyridine rings is 1. The summed E-state index contributed by atoms with van der Waals surface area (Å²) in [4.78, 5) is 15.9. The summed E-state index contributed by atoms with van der Waals surface area (Å²) in [5.74, 6) is -0.0217. The first-order chi connectivity index (χ1) is 8.75.